The third-order valence-corrected chi connectivity index (χ3v) is 4.30. The standard InChI is InChI=1S/C16H15BrFNO4S/c1-3-22-16(21)15(12-5-4-10(17)6-13(12)18)23-14(20)7-11-8-24-9(2)19-11/h4-6,8,15H,3,7H2,1-2H3/t15-/m0/s1. The number of hydrogen-bond donors (Lipinski definition) is 0. The van der Waals surface area contributed by atoms with Gasteiger partial charge in [0.05, 0.1) is 23.7 Å². The van der Waals surface area contributed by atoms with Crippen molar-refractivity contribution in [1.82, 2.24) is 4.98 Å². The minimum absolute atomic E-state index is 0.0561. The summed E-state index contributed by atoms with van der Waals surface area (Å²) in [5, 5.41) is 2.55. The minimum atomic E-state index is -1.45. The fourth-order valence-electron chi connectivity index (χ4n) is 1.98. The molecule has 1 heterocycles. The Balaban J connectivity index is 2.19. The summed E-state index contributed by atoms with van der Waals surface area (Å²) < 4.78 is 24.7. The van der Waals surface area contributed by atoms with Crippen molar-refractivity contribution in [3.05, 3.63) is 50.1 Å². The highest BCUT2D eigenvalue weighted by Crippen LogP contribution is 2.26. The van der Waals surface area contributed by atoms with Crippen molar-refractivity contribution in [2.24, 2.45) is 0 Å². The molecule has 1 atom stereocenters. The second-order valence-electron chi connectivity index (χ2n) is 4.82. The fourth-order valence-corrected chi connectivity index (χ4v) is 2.93. The van der Waals surface area contributed by atoms with Crippen molar-refractivity contribution in [3.8, 4) is 0 Å². The molecule has 0 N–H and O–H groups in total. The van der Waals surface area contributed by atoms with Crippen molar-refractivity contribution in [3.63, 3.8) is 0 Å². The van der Waals surface area contributed by atoms with Crippen LogP contribution < -0.4 is 0 Å². The van der Waals surface area contributed by atoms with Crippen molar-refractivity contribution >= 4 is 39.2 Å². The van der Waals surface area contributed by atoms with Gasteiger partial charge in [-0.05, 0) is 26.0 Å². The van der Waals surface area contributed by atoms with Gasteiger partial charge in [-0.1, -0.05) is 22.0 Å². The third-order valence-electron chi connectivity index (χ3n) is 2.99. The van der Waals surface area contributed by atoms with E-state index in [2.05, 4.69) is 20.9 Å². The van der Waals surface area contributed by atoms with Crippen LogP contribution in [0.3, 0.4) is 0 Å². The van der Waals surface area contributed by atoms with Crippen molar-refractivity contribution in [1.29, 1.82) is 0 Å². The van der Waals surface area contributed by atoms with E-state index in [-0.39, 0.29) is 18.6 Å². The summed E-state index contributed by atoms with van der Waals surface area (Å²) in [5.41, 5.74) is 0.487. The van der Waals surface area contributed by atoms with Gasteiger partial charge in [0.25, 0.3) is 0 Å². The lowest BCUT2D eigenvalue weighted by molar-refractivity contribution is -0.168. The monoisotopic (exact) mass is 415 g/mol. The van der Waals surface area contributed by atoms with Crippen LogP contribution >= 0.6 is 27.3 Å². The molecule has 0 radical (unpaired) electrons. The first kappa shape index (κ1) is 18.5. The molecule has 0 aliphatic heterocycles. The first-order valence-electron chi connectivity index (χ1n) is 7.12. The SMILES string of the molecule is CCOC(=O)[C@@H](OC(=O)Cc1csc(C)n1)c1ccc(Br)cc1F. The summed E-state index contributed by atoms with van der Waals surface area (Å²) in [7, 11) is 0. The van der Waals surface area contributed by atoms with E-state index in [4.69, 9.17) is 9.47 Å². The summed E-state index contributed by atoms with van der Waals surface area (Å²) in [6.07, 6.45) is -1.55. The minimum Gasteiger partial charge on any atom is -0.463 e. The molecule has 2 aromatic rings. The maximum atomic E-state index is 14.1. The Labute approximate surface area is 150 Å². The average Bonchev–Trinajstić information content (AvgIpc) is 2.90. The number of aryl methyl sites for hydroxylation is 1. The topological polar surface area (TPSA) is 65.5 Å². The largest absolute Gasteiger partial charge is 0.463 e. The Kier molecular flexibility index (Phi) is 6.44. The van der Waals surface area contributed by atoms with Crippen LogP contribution in [0.5, 0.6) is 0 Å². The molecule has 0 spiro atoms. The van der Waals surface area contributed by atoms with Gasteiger partial charge in [0, 0.05) is 15.4 Å². The second kappa shape index (κ2) is 8.34. The van der Waals surface area contributed by atoms with Gasteiger partial charge in [0.2, 0.25) is 6.10 Å². The maximum Gasteiger partial charge on any atom is 0.352 e. The van der Waals surface area contributed by atoms with Crippen LogP contribution in [-0.4, -0.2) is 23.5 Å². The predicted molar refractivity (Wildman–Crippen MR) is 90.1 cm³/mol. The van der Waals surface area contributed by atoms with Gasteiger partial charge in [-0.15, -0.1) is 11.3 Å². The summed E-state index contributed by atoms with van der Waals surface area (Å²) in [4.78, 5) is 28.3. The normalized spacial score (nSPS) is 11.8. The summed E-state index contributed by atoms with van der Waals surface area (Å²) in [6, 6.07) is 4.13. The molecule has 0 aliphatic carbocycles. The number of ether oxygens (including phenoxy) is 2. The first-order chi connectivity index (χ1) is 11.4. The smallest absolute Gasteiger partial charge is 0.352 e. The molecule has 1 aromatic heterocycles. The van der Waals surface area contributed by atoms with Gasteiger partial charge in [0.15, 0.2) is 0 Å². The van der Waals surface area contributed by atoms with E-state index in [9.17, 15) is 14.0 Å². The van der Waals surface area contributed by atoms with Crippen molar-refractivity contribution in [2.75, 3.05) is 6.61 Å². The number of nitrogens with zero attached hydrogens (tertiary/aromatic N) is 1. The Morgan fingerprint density at radius 3 is 2.75 bits per heavy atom. The van der Waals surface area contributed by atoms with Crippen LogP contribution in [0.1, 0.15) is 29.3 Å². The van der Waals surface area contributed by atoms with Gasteiger partial charge in [-0.25, -0.2) is 14.2 Å². The molecule has 5 nitrogen and oxygen atoms in total. The zero-order valence-corrected chi connectivity index (χ0v) is 15.4. The molecule has 0 bridgehead atoms. The molecule has 0 aliphatic rings. The van der Waals surface area contributed by atoms with Crippen LogP contribution in [0.2, 0.25) is 0 Å². The number of thiazole rings is 1. The molecule has 0 saturated heterocycles. The van der Waals surface area contributed by atoms with Crippen LogP contribution in [0, 0.1) is 12.7 Å². The highest BCUT2D eigenvalue weighted by atomic mass is 79.9. The molecule has 24 heavy (non-hydrogen) atoms. The molecule has 2 rings (SSSR count). The van der Waals surface area contributed by atoms with Crippen LogP contribution in [0.15, 0.2) is 28.1 Å². The van der Waals surface area contributed by atoms with Crippen molar-refractivity contribution in [2.45, 2.75) is 26.4 Å². The number of esters is 2. The summed E-state index contributed by atoms with van der Waals surface area (Å²) in [5.74, 6) is -2.16. The zero-order chi connectivity index (χ0) is 17.7. The number of aromatic nitrogens is 1. The fraction of sp³-hybridized carbons (Fsp3) is 0.312. The maximum absolute atomic E-state index is 14.1. The molecule has 0 unspecified atom stereocenters. The summed E-state index contributed by atoms with van der Waals surface area (Å²) >= 11 is 4.54. The highest BCUT2D eigenvalue weighted by molar-refractivity contribution is 9.10. The first-order valence-corrected chi connectivity index (χ1v) is 8.80. The zero-order valence-electron chi connectivity index (χ0n) is 13.0. The van der Waals surface area contributed by atoms with E-state index in [0.29, 0.717) is 10.2 Å². The van der Waals surface area contributed by atoms with E-state index < -0.39 is 23.9 Å². The quantitative estimate of drug-likeness (QED) is 0.672. The molecule has 0 amide bonds. The molecule has 0 saturated carbocycles. The van der Waals surface area contributed by atoms with Gasteiger partial charge in [-0.2, -0.15) is 0 Å². The number of carbonyl (C=O) groups is 2. The van der Waals surface area contributed by atoms with E-state index in [1.807, 2.05) is 6.92 Å². The number of carbonyl (C=O) groups excluding carboxylic acids is 2. The van der Waals surface area contributed by atoms with Crippen LogP contribution in [-0.2, 0) is 25.5 Å². The highest BCUT2D eigenvalue weighted by Gasteiger charge is 2.29. The molecular weight excluding hydrogens is 401 g/mol. The lowest BCUT2D eigenvalue weighted by Crippen LogP contribution is -2.24. The number of rotatable bonds is 6. The summed E-state index contributed by atoms with van der Waals surface area (Å²) in [6.45, 7) is 3.53. The molecule has 1 aromatic carbocycles. The Bertz CT molecular complexity index is 749. The Morgan fingerprint density at radius 2 is 2.17 bits per heavy atom. The molecular formula is C16H15BrFNO4S. The molecule has 0 fully saturated rings. The number of hydrogen-bond acceptors (Lipinski definition) is 6. The number of benzene rings is 1. The Morgan fingerprint density at radius 1 is 1.42 bits per heavy atom. The lowest BCUT2D eigenvalue weighted by Gasteiger charge is -2.17. The average molecular weight is 416 g/mol. The van der Waals surface area contributed by atoms with Gasteiger partial charge < -0.3 is 9.47 Å². The van der Waals surface area contributed by atoms with Gasteiger partial charge >= 0.3 is 11.9 Å². The van der Waals surface area contributed by atoms with Gasteiger partial charge in [-0.3, -0.25) is 4.79 Å². The Hall–Kier alpha value is -1.80. The second-order valence-corrected chi connectivity index (χ2v) is 6.80. The third kappa shape index (κ3) is 4.85. The molecule has 128 valence electrons. The van der Waals surface area contributed by atoms with Crippen LogP contribution in [0.25, 0.3) is 0 Å². The lowest BCUT2D eigenvalue weighted by atomic mass is 10.1. The predicted octanol–water partition coefficient (Wildman–Crippen LogP) is 3.74. The van der Waals surface area contributed by atoms with Crippen molar-refractivity contribution < 1.29 is 23.5 Å². The van der Waals surface area contributed by atoms with Gasteiger partial charge in [0.1, 0.15) is 5.82 Å². The number of halogens is 2. The van der Waals surface area contributed by atoms with E-state index >= 15 is 0 Å². The molecule has 8 heteroatoms. The van der Waals surface area contributed by atoms with E-state index in [1.165, 1.54) is 23.5 Å². The van der Waals surface area contributed by atoms with E-state index in [0.717, 1.165) is 5.01 Å². The van der Waals surface area contributed by atoms with Crippen LogP contribution in [0.4, 0.5) is 4.39 Å². The van der Waals surface area contributed by atoms with E-state index in [1.54, 1.807) is 18.4 Å².